The highest BCUT2D eigenvalue weighted by molar-refractivity contribution is 5.59. The Hall–Kier alpha value is -1.63. The molecular weight excluding hydrogens is 272 g/mol. The van der Waals surface area contributed by atoms with Crippen LogP contribution in [0.1, 0.15) is 45.2 Å². The molecule has 0 bridgehead atoms. The van der Waals surface area contributed by atoms with Gasteiger partial charge >= 0.3 is 5.69 Å². The van der Waals surface area contributed by atoms with Crippen molar-refractivity contribution in [1.82, 2.24) is 9.78 Å². The number of nitro groups is 1. The standard InChI is InChI=1S/C14H24N4O3/c1-4-17-13(12(18(20)21)11(3)16-17)15-9-14(19)7-5-6-10(2)8-14/h10,15,19H,4-9H2,1-3H3. The molecule has 1 heterocycles. The van der Waals surface area contributed by atoms with Crippen LogP contribution in [0.3, 0.4) is 0 Å². The quantitative estimate of drug-likeness (QED) is 0.643. The van der Waals surface area contributed by atoms with Crippen LogP contribution in [0.2, 0.25) is 0 Å². The molecule has 1 aromatic heterocycles. The van der Waals surface area contributed by atoms with Crippen LogP contribution in [0.15, 0.2) is 0 Å². The molecule has 118 valence electrons. The fraction of sp³-hybridized carbons (Fsp3) is 0.786. The lowest BCUT2D eigenvalue weighted by Gasteiger charge is -2.35. The Morgan fingerprint density at radius 2 is 2.33 bits per heavy atom. The molecule has 0 radical (unpaired) electrons. The second kappa shape index (κ2) is 6.01. The van der Waals surface area contributed by atoms with Gasteiger partial charge in [0.15, 0.2) is 0 Å². The molecule has 2 unspecified atom stereocenters. The molecular formula is C14H24N4O3. The van der Waals surface area contributed by atoms with Gasteiger partial charge in [-0.1, -0.05) is 19.8 Å². The number of nitrogens with one attached hydrogen (secondary N) is 1. The first-order chi connectivity index (χ1) is 9.86. The summed E-state index contributed by atoms with van der Waals surface area (Å²) in [4.78, 5) is 10.8. The Balaban J connectivity index is 2.17. The third kappa shape index (κ3) is 3.34. The van der Waals surface area contributed by atoms with Gasteiger partial charge in [-0.2, -0.15) is 5.10 Å². The molecule has 0 aliphatic heterocycles. The summed E-state index contributed by atoms with van der Waals surface area (Å²) in [6.45, 7) is 6.52. The third-order valence-corrected chi connectivity index (χ3v) is 4.23. The molecule has 0 spiro atoms. The number of aliphatic hydroxyl groups is 1. The maximum atomic E-state index is 11.2. The summed E-state index contributed by atoms with van der Waals surface area (Å²) in [5.41, 5.74) is -0.389. The molecule has 2 atom stereocenters. The number of anilines is 1. The van der Waals surface area contributed by atoms with Crippen LogP contribution in [0, 0.1) is 23.0 Å². The van der Waals surface area contributed by atoms with Gasteiger partial charge in [-0.25, -0.2) is 4.68 Å². The Labute approximate surface area is 124 Å². The Bertz CT molecular complexity index is 529. The van der Waals surface area contributed by atoms with Gasteiger partial charge in [-0.15, -0.1) is 0 Å². The molecule has 2 rings (SSSR count). The van der Waals surface area contributed by atoms with Crippen LogP contribution in [0.5, 0.6) is 0 Å². The van der Waals surface area contributed by atoms with E-state index in [1.54, 1.807) is 11.6 Å². The van der Waals surface area contributed by atoms with E-state index in [1.807, 2.05) is 6.92 Å². The number of hydrogen-bond acceptors (Lipinski definition) is 5. The average Bonchev–Trinajstić information content (AvgIpc) is 2.72. The largest absolute Gasteiger partial charge is 0.388 e. The summed E-state index contributed by atoms with van der Waals surface area (Å²) >= 11 is 0. The minimum atomic E-state index is -0.789. The molecule has 0 aromatic carbocycles. The fourth-order valence-electron chi connectivity index (χ4n) is 3.24. The first-order valence-electron chi connectivity index (χ1n) is 7.54. The second-order valence-corrected chi connectivity index (χ2v) is 6.13. The molecule has 7 nitrogen and oxygen atoms in total. The Morgan fingerprint density at radius 3 is 2.90 bits per heavy atom. The molecule has 1 aliphatic rings. The van der Waals surface area contributed by atoms with Crippen molar-refractivity contribution in [2.24, 2.45) is 5.92 Å². The highest BCUT2D eigenvalue weighted by Gasteiger charge is 2.34. The van der Waals surface area contributed by atoms with Crippen molar-refractivity contribution in [3.63, 3.8) is 0 Å². The number of aryl methyl sites for hydroxylation is 2. The van der Waals surface area contributed by atoms with Gasteiger partial charge in [-0.05, 0) is 32.6 Å². The molecule has 1 aliphatic carbocycles. The van der Waals surface area contributed by atoms with Crippen molar-refractivity contribution < 1.29 is 10.0 Å². The van der Waals surface area contributed by atoms with Gasteiger partial charge in [0, 0.05) is 13.1 Å². The van der Waals surface area contributed by atoms with Crippen molar-refractivity contribution in [1.29, 1.82) is 0 Å². The molecule has 0 saturated heterocycles. The minimum Gasteiger partial charge on any atom is -0.388 e. The first-order valence-corrected chi connectivity index (χ1v) is 7.54. The van der Waals surface area contributed by atoms with Gasteiger partial charge in [0.1, 0.15) is 5.69 Å². The van der Waals surface area contributed by atoms with Crippen molar-refractivity contribution in [3.05, 3.63) is 15.8 Å². The molecule has 0 amide bonds. The van der Waals surface area contributed by atoms with Gasteiger partial charge in [0.05, 0.1) is 10.5 Å². The normalized spacial score (nSPS) is 25.8. The zero-order chi connectivity index (χ0) is 15.6. The molecule has 7 heteroatoms. The molecule has 1 aromatic rings. The average molecular weight is 296 g/mol. The summed E-state index contributed by atoms with van der Waals surface area (Å²) in [6, 6.07) is 0. The summed E-state index contributed by atoms with van der Waals surface area (Å²) in [5.74, 6) is 0.880. The molecule has 21 heavy (non-hydrogen) atoms. The maximum absolute atomic E-state index is 11.2. The van der Waals surface area contributed by atoms with Crippen LogP contribution < -0.4 is 5.32 Å². The maximum Gasteiger partial charge on any atom is 0.333 e. The van der Waals surface area contributed by atoms with E-state index in [0.717, 1.165) is 25.7 Å². The zero-order valence-corrected chi connectivity index (χ0v) is 12.9. The highest BCUT2D eigenvalue weighted by atomic mass is 16.6. The van der Waals surface area contributed by atoms with Crippen LogP contribution in [0.4, 0.5) is 11.5 Å². The van der Waals surface area contributed by atoms with E-state index in [9.17, 15) is 15.2 Å². The molecule has 1 fully saturated rings. The third-order valence-electron chi connectivity index (χ3n) is 4.23. The van der Waals surface area contributed by atoms with Gasteiger partial charge in [0.25, 0.3) is 0 Å². The lowest BCUT2D eigenvalue weighted by Crippen LogP contribution is -2.41. The van der Waals surface area contributed by atoms with Gasteiger partial charge in [-0.3, -0.25) is 10.1 Å². The van der Waals surface area contributed by atoms with Crippen molar-refractivity contribution in [3.8, 4) is 0 Å². The minimum absolute atomic E-state index is 0.00399. The zero-order valence-electron chi connectivity index (χ0n) is 12.9. The fourth-order valence-corrected chi connectivity index (χ4v) is 3.24. The van der Waals surface area contributed by atoms with Gasteiger partial charge < -0.3 is 10.4 Å². The smallest absolute Gasteiger partial charge is 0.333 e. The van der Waals surface area contributed by atoms with E-state index in [0.29, 0.717) is 30.5 Å². The lowest BCUT2D eigenvalue weighted by atomic mass is 9.79. The SMILES string of the molecule is CCn1nc(C)c([N+](=O)[O-])c1NCC1(O)CCCC(C)C1. The number of nitrogens with zero attached hydrogens (tertiary/aromatic N) is 3. The number of rotatable bonds is 5. The van der Waals surface area contributed by atoms with E-state index in [1.165, 1.54) is 0 Å². The van der Waals surface area contributed by atoms with Crippen molar-refractivity contribution >= 4 is 11.5 Å². The van der Waals surface area contributed by atoms with Crippen LogP contribution in [0.25, 0.3) is 0 Å². The number of hydrogen-bond donors (Lipinski definition) is 2. The van der Waals surface area contributed by atoms with E-state index in [-0.39, 0.29) is 5.69 Å². The van der Waals surface area contributed by atoms with Crippen molar-refractivity contribution in [2.75, 3.05) is 11.9 Å². The van der Waals surface area contributed by atoms with Gasteiger partial charge in [0.2, 0.25) is 5.82 Å². The predicted octanol–water partition coefficient (Wildman–Crippen LogP) is 2.47. The monoisotopic (exact) mass is 296 g/mol. The summed E-state index contributed by atoms with van der Waals surface area (Å²) in [7, 11) is 0. The van der Waals surface area contributed by atoms with Crippen LogP contribution in [-0.4, -0.2) is 32.0 Å². The van der Waals surface area contributed by atoms with Crippen molar-refractivity contribution in [2.45, 2.75) is 58.6 Å². The van der Waals surface area contributed by atoms with E-state index >= 15 is 0 Å². The summed E-state index contributed by atoms with van der Waals surface area (Å²) in [6.07, 6.45) is 3.59. The summed E-state index contributed by atoms with van der Waals surface area (Å²) < 4.78 is 1.59. The Kier molecular flexibility index (Phi) is 4.51. The lowest BCUT2D eigenvalue weighted by molar-refractivity contribution is -0.384. The second-order valence-electron chi connectivity index (χ2n) is 6.13. The van der Waals surface area contributed by atoms with Crippen LogP contribution >= 0.6 is 0 Å². The van der Waals surface area contributed by atoms with E-state index in [4.69, 9.17) is 0 Å². The topological polar surface area (TPSA) is 93.2 Å². The first kappa shape index (κ1) is 15.8. The Morgan fingerprint density at radius 1 is 1.62 bits per heavy atom. The van der Waals surface area contributed by atoms with E-state index < -0.39 is 10.5 Å². The van der Waals surface area contributed by atoms with E-state index in [2.05, 4.69) is 17.3 Å². The summed E-state index contributed by atoms with van der Waals surface area (Å²) in [5, 5.41) is 29.1. The molecule has 1 saturated carbocycles. The predicted molar refractivity (Wildman–Crippen MR) is 80.4 cm³/mol. The van der Waals surface area contributed by atoms with Crippen LogP contribution in [-0.2, 0) is 6.54 Å². The number of aromatic nitrogens is 2. The molecule has 2 N–H and O–H groups in total. The highest BCUT2D eigenvalue weighted by Crippen LogP contribution is 2.34.